The molecule has 102 valence electrons. The van der Waals surface area contributed by atoms with Crippen molar-refractivity contribution in [1.29, 1.82) is 0 Å². The van der Waals surface area contributed by atoms with Crippen LogP contribution in [0, 0.1) is 6.92 Å². The van der Waals surface area contributed by atoms with E-state index in [1.807, 2.05) is 0 Å². The van der Waals surface area contributed by atoms with Gasteiger partial charge in [-0.1, -0.05) is 6.07 Å². The molecule has 1 aliphatic rings. The van der Waals surface area contributed by atoms with E-state index in [-0.39, 0.29) is 0 Å². The number of nitrogens with zero attached hydrogens (tertiary/aromatic N) is 3. The van der Waals surface area contributed by atoms with Crippen LogP contribution in [0.15, 0.2) is 18.2 Å². The maximum atomic E-state index is 6.10. The molecule has 3 nitrogen and oxygen atoms in total. The lowest BCUT2D eigenvalue weighted by molar-refractivity contribution is 0.222. The summed E-state index contributed by atoms with van der Waals surface area (Å²) in [5.74, 6) is 1.50. The Bertz CT molecular complexity index is 582. The normalized spacial score (nSPS) is 18.3. The number of aryl methyl sites for hydroxylation is 1. The van der Waals surface area contributed by atoms with Crippen LogP contribution in [-0.2, 0) is 5.88 Å². The molecule has 0 N–H and O–H groups in total. The van der Waals surface area contributed by atoms with Gasteiger partial charge in [-0.05, 0) is 57.6 Å². The molecule has 4 heteroatoms. The molecular formula is C15H20ClN3. The van der Waals surface area contributed by atoms with Crippen molar-refractivity contribution in [2.45, 2.75) is 31.7 Å². The average Bonchev–Trinajstić information content (AvgIpc) is 2.77. The fraction of sp³-hybridized carbons (Fsp3) is 0.533. The van der Waals surface area contributed by atoms with Gasteiger partial charge >= 0.3 is 0 Å². The number of imidazole rings is 1. The minimum atomic E-state index is 0.486. The smallest absolute Gasteiger partial charge is 0.125 e. The van der Waals surface area contributed by atoms with Gasteiger partial charge in [0.05, 0.1) is 16.9 Å². The lowest BCUT2D eigenvalue weighted by Gasteiger charge is -2.31. The Hall–Kier alpha value is -1.06. The van der Waals surface area contributed by atoms with Crippen molar-refractivity contribution in [3.8, 4) is 0 Å². The van der Waals surface area contributed by atoms with Gasteiger partial charge in [0.1, 0.15) is 5.82 Å². The van der Waals surface area contributed by atoms with Crippen LogP contribution in [0.4, 0.5) is 0 Å². The number of piperidine rings is 1. The summed E-state index contributed by atoms with van der Waals surface area (Å²) in [6, 6.07) is 6.99. The largest absolute Gasteiger partial charge is 0.324 e. The molecule has 0 radical (unpaired) electrons. The number of fused-ring (bicyclic) bond motifs is 1. The van der Waals surface area contributed by atoms with E-state index >= 15 is 0 Å². The summed E-state index contributed by atoms with van der Waals surface area (Å²) >= 11 is 6.10. The van der Waals surface area contributed by atoms with Crippen LogP contribution >= 0.6 is 11.6 Å². The molecule has 1 saturated heterocycles. The highest BCUT2D eigenvalue weighted by atomic mass is 35.5. The molecule has 0 spiro atoms. The van der Waals surface area contributed by atoms with Crippen LogP contribution in [-0.4, -0.2) is 34.6 Å². The van der Waals surface area contributed by atoms with E-state index in [1.54, 1.807) is 0 Å². The number of alkyl halides is 1. The summed E-state index contributed by atoms with van der Waals surface area (Å²) in [5.41, 5.74) is 3.59. The second kappa shape index (κ2) is 5.14. The first-order valence-electron chi connectivity index (χ1n) is 6.91. The predicted molar refractivity (Wildman–Crippen MR) is 79.8 cm³/mol. The maximum Gasteiger partial charge on any atom is 0.125 e. The monoisotopic (exact) mass is 277 g/mol. The van der Waals surface area contributed by atoms with Gasteiger partial charge in [-0.25, -0.2) is 4.98 Å². The zero-order valence-corrected chi connectivity index (χ0v) is 12.3. The molecule has 0 bridgehead atoms. The van der Waals surface area contributed by atoms with Gasteiger partial charge in [-0.3, -0.25) is 0 Å². The summed E-state index contributed by atoms with van der Waals surface area (Å²) < 4.78 is 2.38. The van der Waals surface area contributed by atoms with E-state index < -0.39 is 0 Å². The average molecular weight is 278 g/mol. The lowest BCUT2D eigenvalue weighted by atomic mass is 10.0. The Morgan fingerprint density at radius 1 is 1.32 bits per heavy atom. The number of likely N-dealkylation sites (tertiary alicyclic amines) is 1. The van der Waals surface area contributed by atoms with Crippen LogP contribution in [0.25, 0.3) is 11.0 Å². The zero-order valence-electron chi connectivity index (χ0n) is 11.6. The Kier molecular flexibility index (Phi) is 3.50. The molecular weight excluding hydrogens is 258 g/mol. The maximum absolute atomic E-state index is 6.10. The summed E-state index contributed by atoms with van der Waals surface area (Å²) in [6.07, 6.45) is 2.36. The fourth-order valence-corrected chi connectivity index (χ4v) is 3.20. The van der Waals surface area contributed by atoms with Crippen molar-refractivity contribution in [1.82, 2.24) is 14.5 Å². The van der Waals surface area contributed by atoms with Crippen LogP contribution in [0.2, 0.25) is 0 Å². The Morgan fingerprint density at radius 2 is 2.05 bits per heavy atom. The summed E-state index contributed by atoms with van der Waals surface area (Å²) in [4.78, 5) is 7.07. The fourth-order valence-electron chi connectivity index (χ4n) is 3.01. The van der Waals surface area contributed by atoms with Crippen molar-refractivity contribution in [2.75, 3.05) is 20.1 Å². The Morgan fingerprint density at radius 3 is 2.74 bits per heavy atom. The van der Waals surface area contributed by atoms with E-state index in [9.17, 15) is 0 Å². The minimum Gasteiger partial charge on any atom is -0.324 e. The van der Waals surface area contributed by atoms with E-state index in [4.69, 9.17) is 11.6 Å². The van der Waals surface area contributed by atoms with E-state index in [2.05, 4.69) is 46.6 Å². The first kappa shape index (κ1) is 12.9. The first-order chi connectivity index (χ1) is 9.19. The molecule has 1 aliphatic heterocycles. The van der Waals surface area contributed by atoms with Crippen molar-refractivity contribution in [2.24, 2.45) is 0 Å². The molecule has 2 aromatic rings. The number of hydrogen-bond donors (Lipinski definition) is 0. The minimum absolute atomic E-state index is 0.486. The highest BCUT2D eigenvalue weighted by Gasteiger charge is 2.22. The predicted octanol–water partition coefficient (Wildman–Crippen LogP) is 3.35. The second-order valence-corrected chi connectivity index (χ2v) is 5.83. The summed E-state index contributed by atoms with van der Waals surface area (Å²) in [5, 5.41) is 0. The van der Waals surface area contributed by atoms with Crippen LogP contribution < -0.4 is 0 Å². The zero-order chi connectivity index (χ0) is 13.4. The van der Waals surface area contributed by atoms with E-state index in [1.165, 1.54) is 23.9 Å². The number of halogens is 1. The highest BCUT2D eigenvalue weighted by molar-refractivity contribution is 6.16. The van der Waals surface area contributed by atoms with Gasteiger partial charge in [0, 0.05) is 6.04 Å². The lowest BCUT2D eigenvalue weighted by Crippen LogP contribution is -2.32. The van der Waals surface area contributed by atoms with E-state index in [0.29, 0.717) is 11.9 Å². The summed E-state index contributed by atoms with van der Waals surface area (Å²) in [6.45, 7) is 4.43. The molecule has 0 amide bonds. The molecule has 1 aromatic carbocycles. The van der Waals surface area contributed by atoms with Crippen LogP contribution in [0.1, 0.15) is 30.3 Å². The molecule has 0 aliphatic carbocycles. The molecule has 0 unspecified atom stereocenters. The van der Waals surface area contributed by atoms with Crippen molar-refractivity contribution in [3.05, 3.63) is 29.6 Å². The molecule has 2 heterocycles. The molecule has 1 aromatic heterocycles. The standard InChI is InChI=1S/C15H20ClN3/c1-11-3-4-13-14(9-11)19(15(10-16)17-13)12-5-7-18(2)8-6-12/h3-4,9,12H,5-8,10H2,1-2H3. The van der Waals surface area contributed by atoms with Crippen molar-refractivity contribution >= 4 is 22.6 Å². The molecule has 1 fully saturated rings. The van der Waals surface area contributed by atoms with E-state index in [0.717, 1.165) is 24.4 Å². The van der Waals surface area contributed by atoms with Crippen LogP contribution in [0.3, 0.4) is 0 Å². The highest BCUT2D eigenvalue weighted by Crippen LogP contribution is 2.29. The topological polar surface area (TPSA) is 21.1 Å². The second-order valence-electron chi connectivity index (χ2n) is 5.56. The molecule has 3 rings (SSSR count). The van der Waals surface area contributed by atoms with Gasteiger partial charge in [0.2, 0.25) is 0 Å². The van der Waals surface area contributed by atoms with Gasteiger partial charge < -0.3 is 9.47 Å². The number of rotatable bonds is 2. The third-order valence-corrected chi connectivity index (χ3v) is 4.33. The van der Waals surface area contributed by atoms with Crippen molar-refractivity contribution in [3.63, 3.8) is 0 Å². The molecule has 0 atom stereocenters. The number of aromatic nitrogens is 2. The first-order valence-corrected chi connectivity index (χ1v) is 7.44. The third-order valence-electron chi connectivity index (χ3n) is 4.09. The molecule has 19 heavy (non-hydrogen) atoms. The van der Waals surface area contributed by atoms with Gasteiger partial charge in [-0.15, -0.1) is 11.6 Å². The quantitative estimate of drug-likeness (QED) is 0.785. The van der Waals surface area contributed by atoms with Crippen LogP contribution in [0.5, 0.6) is 0 Å². The van der Waals surface area contributed by atoms with Gasteiger partial charge in [0.25, 0.3) is 0 Å². The van der Waals surface area contributed by atoms with Gasteiger partial charge in [0.15, 0.2) is 0 Å². The summed E-state index contributed by atoms with van der Waals surface area (Å²) in [7, 11) is 2.19. The number of hydrogen-bond acceptors (Lipinski definition) is 2. The van der Waals surface area contributed by atoms with Gasteiger partial charge in [-0.2, -0.15) is 0 Å². The van der Waals surface area contributed by atoms with Crippen molar-refractivity contribution < 1.29 is 0 Å². The number of benzene rings is 1. The molecule has 0 saturated carbocycles. The SMILES string of the molecule is Cc1ccc2nc(CCl)n(C3CCN(C)CC3)c2c1. The Balaban J connectivity index is 2.07. The third kappa shape index (κ3) is 2.37. The Labute approximate surface area is 119 Å².